The SMILES string of the molecule is CC.Cc1cc(C(=O)N2CCCC(COc3cccc4c3C(N)=NS(=O)N4)C2)c2cnn(C(C)C)c2n1. The van der Waals surface area contributed by atoms with Crippen molar-refractivity contribution in [3.8, 4) is 5.75 Å². The smallest absolute Gasteiger partial charge is 0.254 e. The van der Waals surface area contributed by atoms with Crippen molar-refractivity contribution in [3.05, 3.63) is 47.3 Å². The molecule has 0 radical (unpaired) electrons. The maximum absolute atomic E-state index is 13.6. The van der Waals surface area contributed by atoms with E-state index in [0.717, 1.165) is 29.6 Å². The van der Waals surface area contributed by atoms with E-state index >= 15 is 0 Å². The molecule has 1 aromatic carbocycles. The molecule has 1 fully saturated rings. The summed E-state index contributed by atoms with van der Waals surface area (Å²) in [5.41, 5.74) is 9.45. The standard InChI is InChI=1S/C24H29N7O3S.C2H6/c1-14(2)31-23-18(11-26-31)17(10-15(3)27-23)24(32)30-9-5-6-16(12-30)13-34-20-8-4-7-19-21(20)22(25)29-35(33)28-19;1-2/h4,7-8,10-11,14,16,28H,5-6,9,12-13H2,1-3H3,(H2,25,29);1-2H3. The third-order valence-corrected chi connectivity index (χ3v) is 7.11. The molecule has 0 spiro atoms. The molecule has 3 aromatic rings. The van der Waals surface area contributed by atoms with Gasteiger partial charge in [-0.1, -0.05) is 19.9 Å². The Balaban J connectivity index is 0.00000156. The second kappa shape index (κ2) is 11.3. The lowest BCUT2D eigenvalue weighted by molar-refractivity contribution is 0.0635. The quantitative estimate of drug-likeness (QED) is 0.518. The molecule has 37 heavy (non-hydrogen) atoms. The van der Waals surface area contributed by atoms with Crippen molar-refractivity contribution in [2.45, 2.75) is 53.5 Å². The van der Waals surface area contributed by atoms with Gasteiger partial charge in [0.25, 0.3) is 5.91 Å². The van der Waals surface area contributed by atoms with Crippen molar-refractivity contribution >= 4 is 39.6 Å². The lowest BCUT2D eigenvalue weighted by Crippen LogP contribution is -2.41. The lowest BCUT2D eigenvalue weighted by atomic mass is 9.97. The fourth-order valence-electron chi connectivity index (χ4n) is 4.71. The summed E-state index contributed by atoms with van der Waals surface area (Å²) in [6.07, 6.45) is 3.60. The van der Waals surface area contributed by atoms with Gasteiger partial charge < -0.3 is 15.4 Å². The number of hydrogen-bond acceptors (Lipinski definition) is 6. The Morgan fingerprint density at radius 3 is 2.86 bits per heavy atom. The molecule has 2 aliphatic rings. The number of hydrogen-bond donors (Lipinski definition) is 2. The first-order valence-corrected chi connectivity index (χ1v) is 13.9. The molecule has 11 heteroatoms. The zero-order chi connectivity index (χ0) is 26.7. The Morgan fingerprint density at radius 2 is 2.11 bits per heavy atom. The zero-order valence-corrected chi connectivity index (χ0v) is 22.8. The van der Waals surface area contributed by atoms with Crippen molar-refractivity contribution in [1.29, 1.82) is 0 Å². The highest BCUT2D eigenvalue weighted by atomic mass is 32.2. The summed E-state index contributed by atoms with van der Waals surface area (Å²) in [7, 11) is 0. The molecule has 198 valence electrons. The molecular formula is C26H35N7O3S. The summed E-state index contributed by atoms with van der Waals surface area (Å²) in [5, 5.41) is 5.25. The Kier molecular flexibility index (Phi) is 8.11. The highest BCUT2D eigenvalue weighted by molar-refractivity contribution is 7.85. The molecule has 10 nitrogen and oxygen atoms in total. The van der Waals surface area contributed by atoms with Crippen molar-refractivity contribution in [2.24, 2.45) is 16.0 Å². The maximum Gasteiger partial charge on any atom is 0.254 e. The largest absolute Gasteiger partial charge is 0.492 e. The minimum absolute atomic E-state index is 0.00588. The van der Waals surface area contributed by atoms with E-state index in [1.54, 1.807) is 12.3 Å². The fraction of sp³-hybridized carbons (Fsp3) is 0.462. The van der Waals surface area contributed by atoms with Gasteiger partial charge in [-0.05, 0) is 51.8 Å². The van der Waals surface area contributed by atoms with Gasteiger partial charge in [-0.15, -0.1) is 0 Å². The summed E-state index contributed by atoms with van der Waals surface area (Å²) in [6.45, 7) is 11.7. The third kappa shape index (κ3) is 5.46. The zero-order valence-electron chi connectivity index (χ0n) is 22.0. The van der Waals surface area contributed by atoms with E-state index in [9.17, 15) is 9.00 Å². The molecule has 1 amide bonds. The number of amides is 1. The van der Waals surface area contributed by atoms with Crippen LogP contribution in [0, 0.1) is 12.8 Å². The normalized spacial score (nSPS) is 19.0. The number of likely N-dealkylation sites (tertiary alicyclic amines) is 1. The van der Waals surface area contributed by atoms with Gasteiger partial charge in [-0.2, -0.15) is 9.50 Å². The monoisotopic (exact) mass is 525 g/mol. The first kappa shape index (κ1) is 26.6. The average molecular weight is 526 g/mol. The molecular weight excluding hydrogens is 490 g/mol. The van der Waals surface area contributed by atoms with E-state index < -0.39 is 11.2 Å². The molecule has 0 saturated carbocycles. The van der Waals surface area contributed by atoms with E-state index in [4.69, 9.17) is 10.5 Å². The number of aromatic nitrogens is 3. The number of pyridine rings is 1. The average Bonchev–Trinajstić information content (AvgIpc) is 3.31. The number of nitrogens with zero attached hydrogens (tertiary/aromatic N) is 5. The van der Waals surface area contributed by atoms with Crippen LogP contribution in [-0.2, 0) is 11.2 Å². The van der Waals surface area contributed by atoms with Gasteiger partial charge in [0, 0.05) is 30.7 Å². The maximum atomic E-state index is 13.6. The minimum Gasteiger partial charge on any atom is -0.492 e. The Bertz CT molecular complexity index is 1350. The van der Waals surface area contributed by atoms with Crippen LogP contribution in [0.3, 0.4) is 0 Å². The molecule has 0 aliphatic carbocycles. The van der Waals surface area contributed by atoms with Crippen LogP contribution >= 0.6 is 0 Å². The number of ether oxygens (including phenoxy) is 1. The molecule has 4 heterocycles. The topological polar surface area (TPSA) is 128 Å². The second-order valence-electron chi connectivity index (χ2n) is 9.31. The van der Waals surface area contributed by atoms with Gasteiger partial charge in [0.2, 0.25) is 11.2 Å². The summed E-state index contributed by atoms with van der Waals surface area (Å²) in [4.78, 5) is 20.1. The van der Waals surface area contributed by atoms with Crippen LogP contribution in [0.2, 0.25) is 0 Å². The highest BCUT2D eigenvalue weighted by Gasteiger charge is 2.28. The van der Waals surface area contributed by atoms with Crippen LogP contribution in [0.1, 0.15) is 68.2 Å². The van der Waals surface area contributed by atoms with Gasteiger partial charge in [-0.3, -0.25) is 9.52 Å². The van der Waals surface area contributed by atoms with Crippen molar-refractivity contribution in [2.75, 3.05) is 24.4 Å². The molecule has 2 aliphatic heterocycles. The summed E-state index contributed by atoms with van der Waals surface area (Å²) < 4.78 is 26.4. The van der Waals surface area contributed by atoms with E-state index in [2.05, 4.69) is 19.2 Å². The number of carbonyl (C=O) groups is 1. The highest BCUT2D eigenvalue weighted by Crippen LogP contribution is 2.31. The number of benzene rings is 1. The summed E-state index contributed by atoms with van der Waals surface area (Å²) >= 11 is -1.59. The van der Waals surface area contributed by atoms with E-state index in [1.807, 2.05) is 62.4 Å². The molecule has 2 atom stereocenters. The molecule has 3 N–H and O–H groups in total. The van der Waals surface area contributed by atoms with Gasteiger partial charge in [0.15, 0.2) is 5.65 Å². The first-order valence-electron chi connectivity index (χ1n) is 12.7. The van der Waals surface area contributed by atoms with E-state index in [-0.39, 0.29) is 23.7 Å². The van der Waals surface area contributed by atoms with Crippen molar-refractivity contribution in [1.82, 2.24) is 19.7 Å². The van der Waals surface area contributed by atoms with Gasteiger partial charge >= 0.3 is 0 Å². The number of anilines is 1. The van der Waals surface area contributed by atoms with Crippen LogP contribution in [0.4, 0.5) is 5.69 Å². The van der Waals surface area contributed by atoms with Gasteiger partial charge in [0.1, 0.15) is 11.6 Å². The molecule has 2 aromatic heterocycles. The number of aryl methyl sites for hydroxylation is 1. The Hall–Kier alpha value is -3.47. The minimum atomic E-state index is -1.59. The first-order chi connectivity index (χ1) is 17.8. The molecule has 0 bridgehead atoms. The number of carbonyl (C=O) groups excluding carboxylic acids is 1. The predicted molar refractivity (Wildman–Crippen MR) is 147 cm³/mol. The molecule has 1 saturated heterocycles. The number of nitrogens with two attached hydrogens (primary N) is 1. The number of fused-ring (bicyclic) bond motifs is 2. The van der Waals surface area contributed by atoms with Crippen LogP contribution in [0.15, 0.2) is 34.9 Å². The van der Waals surface area contributed by atoms with Crippen molar-refractivity contribution in [3.63, 3.8) is 0 Å². The molecule has 2 unspecified atom stereocenters. The van der Waals surface area contributed by atoms with Crippen LogP contribution in [0.5, 0.6) is 5.75 Å². The number of nitrogens with one attached hydrogen (secondary N) is 1. The Labute approximate surface area is 220 Å². The lowest BCUT2D eigenvalue weighted by Gasteiger charge is -2.33. The number of amidine groups is 1. The van der Waals surface area contributed by atoms with E-state index in [0.29, 0.717) is 42.3 Å². The van der Waals surface area contributed by atoms with Gasteiger partial charge in [-0.25, -0.2) is 13.9 Å². The second-order valence-corrected chi connectivity index (χ2v) is 10.2. The van der Waals surface area contributed by atoms with Crippen LogP contribution in [-0.4, -0.2) is 55.3 Å². The third-order valence-electron chi connectivity index (χ3n) is 6.36. The number of piperidine rings is 1. The van der Waals surface area contributed by atoms with Gasteiger partial charge in [0.05, 0.1) is 35.0 Å². The predicted octanol–water partition coefficient (Wildman–Crippen LogP) is 3.99. The van der Waals surface area contributed by atoms with E-state index in [1.165, 1.54) is 0 Å². The fourth-order valence-corrected chi connectivity index (χ4v) is 5.39. The Morgan fingerprint density at radius 1 is 1.32 bits per heavy atom. The van der Waals surface area contributed by atoms with Crippen molar-refractivity contribution < 1.29 is 13.7 Å². The molecule has 5 rings (SSSR count). The summed E-state index contributed by atoms with van der Waals surface area (Å²) in [6, 6.07) is 7.45. The van der Waals surface area contributed by atoms with Crippen LogP contribution in [0.25, 0.3) is 11.0 Å². The summed E-state index contributed by atoms with van der Waals surface area (Å²) in [5.74, 6) is 0.939. The van der Waals surface area contributed by atoms with Crippen LogP contribution < -0.4 is 15.2 Å². The number of rotatable bonds is 5.